The molecule has 0 bridgehead atoms. The quantitative estimate of drug-likeness (QED) is 0.604. The third kappa shape index (κ3) is 4.14. The summed E-state index contributed by atoms with van der Waals surface area (Å²) in [6.07, 6.45) is 3.14. The van der Waals surface area contributed by atoms with Gasteiger partial charge in [-0.15, -0.1) is 0 Å². The number of pyridine rings is 1. The number of benzene rings is 1. The van der Waals surface area contributed by atoms with E-state index in [0.29, 0.717) is 21.4 Å². The van der Waals surface area contributed by atoms with Crippen LogP contribution < -0.4 is 5.43 Å². The highest BCUT2D eigenvalue weighted by atomic mass is 35.5. The van der Waals surface area contributed by atoms with Gasteiger partial charge in [0.15, 0.2) is 5.76 Å². The van der Waals surface area contributed by atoms with E-state index in [9.17, 15) is 14.4 Å². The Morgan fingerprint density at radius 1 is 1.07 bits per heavy atom. The summed E-state index contributed by atoms with van der Waals surface area (Å²) in [6, 6.07) is 10.7. The van der Waals surface area contributed by atoms with Crippen molar-refractivity contribution in [3.8, 4) is 11.3 Å². The zero-order valence-electron chi connectivity index (χ0n) is 15.3. The first-order valence-electron chi connectivity index (χ1n) is 8.79. The number of amides is 4. The number of furan rings is 1. The fourth-order valence-corrected chi connectivity index (χ4v) is 3.47. The number of nitrogens with zero attached hydrogens (tertiary/aromatic N) is 3. The number of carbonyl (C=O) groups is 3. The predicted octanol–water partition coefficient (Wildman–Crippen LogP) is 3.76. The number of hydrogen-bond acceptors (Lipinski definition) is 5. The van der Waals surface area contributed by atoms with Crippen molar-refractivity contribution in [1.82, 2.24) is 20.3 Å². The van der Waals surface area contributed by atoms with Crippen LogP contribution in [0.4, 0.5) is 4.79 Å². The number of nitrogens with one attached hydrogen (secondary N) is 1. The van der Waals surface area contributed by atoms with E-state index in [1.165, 1.54) is 6.07 Å². The molecule has 0 radical (unpaired) electrons. The molecule has 10 heteroatoms. The molecule has 1 aromatic carbocycles. The molecule has 30 heavy (non-hydrogen) atoms. The third-order valence-corrected chi connectivity index (χ3v) is 4.80. The second kappa shape index (κ2) is 8.17. The summed E-state index contributed by atoms with van der Waals surface area (Å²) in [5.74, 6) is -0.742. The van der Waals surface area contributed by atoms with Crippen molar-refractivity contribution in [2.24, 2.45) is 0 Å². The van der Waals surface area contributed by atoms with Gasteiger partial charge in [0.25, 0.3) is 5.91 Å². The monoisotopic (exact) mass is 444 g/mol. The van der Waals surface area contributed by atoms with E-state index in [-0.39, 0.29) is 18.8 Å². The number of rotatable bonds is 5. The maximum atomic E-state index is 12.5. The smallest absolute Gasteiger partial charge is 0.346 e. The molecule has 0 saturated carbocycles. The molecular weight excluding hydrogens is 431 g/mol. The standard InChI is InChI=1S/C20H14Cl2N4O4/c21-14-7-13(8-15(22)9-14)16-1-2-17(30-16)19(28)24-26-11-18(27)25(20(26)29)10-12-3-5-23-6-4-12/h1-9H,10-11H2,(H,24,28). The highest BCUT2D eigenvalue weighted by Gasteiger charge is 2.37. The summed E-state index contributed by atoms with van der Waals surface area (Å²) >= 11 is 12.0. The van der Waals surface area contributed by atoms with Crippen molar-refractivity contribution < 1.29 is 18.8 Å². The molecule has 0 aliphatic carbocycles. The van der Waals surface area contributed by atoms with Crippen LogP contribution in [-0.2, 0) is 11.3 Å². The van der Waals surface area contributed by atoms with Crippen LogP contribution in [-0.4, -0.2) is 39.3 Å². The number of halogens is 2. The lowest BCUT2D eigenvalue weighted by Gasteiger charge is -2.17. The zero-order valence-corrected chi connectivity index (χ0v) is 16.9. The Balaban J connectivity index is 1.45. The molecule has 1 saturated heterocycles. The lowest BCUT2D eigenvalue weighted by Crippen LogP contribution is -2.44. The Bertz CT molecular complexity index is 1110. The lowest BCUT2D eigenvalue weighted by molar-refractivity contribution is -0.125. The molecule has 1 aliphatic heterocycles. The molecule has 0 unspecified atom stereocenters. The summed E-state index contributed by atoms with van der Waals surface area (Å²) in [6.45, 7) is -0.180. The normalized spacial score (nSPS) is 13.8. The van der Waals surface area contributed by atoms with E-state index in [1.807, 2.05) is 0 Å². The molecule has 0 atom stereocenters. The molecule has 4 amide bonds. The second-order valence-corrected chi connectivity index (χ2v) is 7.34. The summed E-state index contributed by atoms with van der Waals surface area (Å²) in [4.78, 5) is 42.2. The number of carbonyl (C=O) groups excluding carboxylic acids is 3. The molecule has 8 nitrogen and oxygen atoms in total. The van der Waals surface area contributed by atoms with E-state index in [1.54, 1.807) is 48.8 Å². The molecular formula is C20H14Cl2N4O4. The largest absolute Gasteiger partial charge is 0.451 e. The van der Waals surface area contributed by atoms with Gasteiger partial charge in [-0.05, 0) is 48.0 Å². The van der Waals surface area contributed by atoms with Crippen LogP contribution in [0.25, 0.3) is 11.3 Å². The first-order chi connectivity index (χ1) is 14.4. The molecule has 3 heterocycles. The van der Waals surface area contributed by atoms with Crippen LogP contribution in [0.5, 0.6) is 0 Å². The number of imide groups is 1. The second-order valence-electron chi connectivity index (χ2n) is 6.47. The van der Waals surface area contributed by atoms with Gasteiger partial charge in [-0.2, -0.15) is 0 Å². The van der Waals surface area contributed by atoms with Crippen molar-refractivity contribution >= 4 is 41.0 Å². The highest BCUT2D eigenvalue weighted by molar-refractivity contribution is 6.35. The Morgan fingerprint density at radius 3 is 2.47 bits per heavy atom. The van der Waals surface area contributed by atoms with E-state index >= 15 is 0 Å². The third-order valence-electron chi connectivity index (χ3n) is 4.36. The highest BCUT2D eigenvalue weighted by Crippen LogP contribution is 2.28. The van der Waals surface area contributed by atoms with Gasteiger partial charge in [0.1, 0.15) is 12.3 Å². The van der Waals surface area contributed by atoms with Gasteiger partial charge in [0.05, 0.1) is 6.54 Å². The van der Waals surface area contributed by atoms with E-state index in [2.05, 4.69) is 10.4 Å². The van der Waals surface area contributed by atoms with Gasteiger partial charge < -0.3 is 4.42 Å². The first kappa shape index (κ1) is 19.9. The Labute approximate surface area is 181 Å². The maximum Gasteiger partial charge on any atom is 0.346 e. The van der Waals surface area contributed by atoms with Crippen LogP contribution in [0.3, 0.4) is 0 Å². The van der Waals surface area contributed by atoms with Crippen molar-refractivity contribution in [3.05, 3.63) is 76.2 Å². The Kier molecular flexibility index (Phi) is 5.43. The molecule has 4 rings (SSSR count). The fraction of sp³-hybridized carbons (Fsp3) is 0.100. The molecule has 0 spiro atoms. The van der Waals surface area contributed by atoms with E-state index < -0.39 is 17.8 Å². The van der Waals surface area contributed by atoms with Gasteiger partial charge in [-0.25, -0.2) is 9.80 Å². The Morgan fingerprint density at radius 2 is 1.77 bits per heavy atom. The zero-order chi connectivity index (χ0) is 21.3. The summed E-state index contributed by atoms with van der Waals surface area (Å²) in [7, 11) is 0. The Hall–Kier alpha value is -3.36. The van der Waals surface area contributed by atoms with Crippen LogP contribution in [0, 0.1) is 0 Å². The van der Waals surface area contributed by atoms with Crippen LogP contribution in [0.2, 0.25) is 10.0 Å². The summed E-state index contributed by atoms with van der Waals surface area (Å²) in [5, 5.41) is 1.80. The maximum absolute atomic E-state index is 12.5. The van der Waals surface area contributed by atoms with Gasteiger partial charge in [0.2, 0.25) is 0 Å². The van der Waals surface area contributed by atoms with Gasteiger partial charge in [-0.1, -0.05) is 23.2 Å². The van der Waals surface area contributed by atoms with Crippen molar-refractivity contribution in [1.29, 1.82) is 0 Å². The van der Waals surface area contributed by atoms with Gasteiger partial charge >= 0.3 is 11.9 Å². The van der Waals surface area contributed by atoms with Crippen LogP contribution in [0.1, 0.15) is 16.1 Å². The number of hydrazine groups is 1. The summed E-state index contributed by atoms with van der Waals surface area (Å²) < 4.78 is 5.56. The SMILES string of the molecule is O=C(NN1CC(=O)N(Cc2ccncc2)C1=O)c1ccc(-c2cc(Cl)cc(Cl)c2)o1. The van der Waals surface area contributed by atoms with Crippen LogP contribution in [0.15, 0.2) is 59.3 Å². The molecule has 1 N–H and O–H groups in total. The molecule has 1 fully saturated rings. The average molecular weight is 445 g/mol. The molecule has 152 valence electrons. The molecule has 1 aliphatic rings. The van der Waals surface area contributed by atoms with Gasteiger partial charge in [0, 0.05) is 28.0 Å². The lowest BCUT2D eigenvalue weighted by atomic mass is 10.2. The van der Waals surface area contributed by atoms with E-state index in [0.717, 1.165) is 15.5 Å². The predicted molar refractivity (Wildman–Crippen MR) is 109 cm³/mol. The van der Waals surface area contributed by atoms with E-state index in [4.69, 9.17) is 27.6 Å². The topological polar surface area (TPSA) is 95.8 Å². The fourth-order valence-electron chi connectivity index (χ4n) is 2.94. The molecule has 3 aromatic rings. The average Bonchev–Trinajstić information content (AvgIpc) is 3.30. The van der Waals surface area contributed by atoms with Crippen LogP contribution >= 0.6 is 23.2 Å². The minimum absolute atomic E-state index is 0.0334. The first-order valence-corrected chi connectivity index (χ1v) is 9.54. The minimum Gasteiger partial charge on any atom is -0.451 e. The molecule has 2 aromatic heterocycles. The minimum atomic E-state index is -0.665. The number of aromatic nitrogens is 1. The summed E-state index contributed by atoms with van der Waals surface area (Å²) in [5.41, 5.74) is 3.75. The van der Waals surface area contributed by atoms with Crippen molar-refractivity contribution in [2.45, 2.75) is 6.54 Å². The van der Waals surface area contributed by atoms with Crippen molar-refractivity contribution in [2.75, 3.05) is 6.54 Å². The number of urea groups is 1. The number of hydrogen-bond donors (Lipinski definition) is 1. The van der Waals surface area contributed by atoms with Gasteiger partial charge in [-0.3, -0.25) is 24.9 Å². The van der Waals surface area contributed by atoms with Crippen molar-refractivity contribution in [3.63, 3.8) is 0 Å².